The van der Waals surface area contributed by atoms with Crippen molar-refractivity contribution in [3.8, 4) is 0 Å². The van der Waals surface area contributed by atoms with Crippen LogP contribution < -0.4 is 0 Å². The maximum absolute atomic E-state index is 14.0. The molecule has 1 aromatic heterocycles. The molecule has 0 aliphatic rings. The summed E-state index contributed by atoms with van der Waals surface area (Å²) in [5.74, 6) is 0. The smallest absolute Gasteiger partial charge is 0.233 e. The van der Waals surface area contributed by atoms with Crippen LogP contribution in [0.5, 0.6) is 0 Å². The van der Waals surface area contributed by atoms with Crippen molar-refractivity contribution in [3.05, 3.63) is 120 Å². The summed E-state index contributed by atoms with van der Waals surface area (Å²) in [5.41, 5.74) is -0.638. The summed E-state index contributed by atoms with van der Waals surface area (Å²) in [6.45, 7) is 0. The van der Waals surface area contributed by atoms with Gasteiger partial charge in [-0.1, -0.05) is 78.9 Å². The third-order valence-corrected chi connectivity index (χ3v) is 4.77. The van der Waals surface area contributed by atoms with Crippen LogP contribution in [0.2, 0.25) is 0 Å². The molecule has 0 radical (unpaired) electrons. The monoisotopic (exact) mass is 379 g/mol. The highest BCUT2D eigenvalue weighted by Gasteiger charge is 2.45. The molecule has 0 aliphatic heterocycles. The molecule has 0 atom stereocenters. The first-order valence-corrected chi connectivity index (χ1v) is 8.67. The molecule has 0 fully saturated rings. The van der Waals surface area contributed by atoms with Gasteiger partial charge in [-0.25, -0.2) is 9.67 Å². The van der Waals surface area contributed by atoms with Crippen LogP contribution in [0.25, 0.3) is 0 Å². The first-order valence-electron chi connectivity index (χ1n) is 8.67. The van der Waals surface area contributed by atoms with Crippen molar-refractivity contribution in [3.63, 3.8) is 0 Å². The van der Waals surface area contributed by atoms with E-state index < -0.39 is 17.3 Å². The lowest BCUT2D eigenvalue weighted by Gasteiger charge is -2.37. The van der Waals surface area contributed by atoms with Crippen LogP contribution in [0.4, 0.5) is 13.2 Å². The zero-order chi connectivity index (χ0) is 19.6. The van der Waals surface area contributed by atoms with Crippen LogP contribution >= 0.6 is 0 Å². The molecule has 0 unspecified atom stereocenters. The average molecular weight is 379 g/mol. The van der Waals surface area contributed by atoms with E-state index in [0.717, 1.165) is 6.07 Å². The molecule has 0 spiro atoms. The number of alkyl halides is 3. The van der Waals surface area contributed by atoms with Gasteiger partial charge >= 0.3 is 6.18 Å². The van der Waals surface area contributed by atoms with E-state index in [1.807, 2.05) is 36.4 Å². The Morgan fingerprint density at radius 1 is 0.643 bits per heavy atom. The summed E-state index contributed by atoms with van der Waals surface area (Å²) in [6.07, 6.45) is -1.74. The maximum atomic E-state index is 14.0. The van der Waals surface area contributed by atoms with Crippen molar-refractivity contribution >= 4 is 0 Å². The third kappa shape index (κ3) is 2.87. The average Bonchev–Trinajstić information content (AvgIpc) is 3.25. The molecule has 0 saturated heterocycles. The maximum Gasteiger partial charge on any atom is 0.416 e. The largest absolute Gasteiger partial charge is 0.416 e. The van der Waals surface area contributed by atoms with Crippen molar-refractivity contribution in [2.45, 2.75) is 11.7 Å². The Morgan fingerprint density at radius 3 is 1.61 bits per heavy atom. The van der Waals surface area contributed by atoms with Crippen molar-refractivity contribution in [1.29, 1.82) is 0 Å². The van der Waals surface area contributed by atoms with Gasteiger partial charge in [0.2, 0.25) is 0 Å². The molecule has 0 saturated carbocycles. The van der Waals surface area contributed by atoms with Gasteiger partial charge in [0, 0.05) is 5.56 Å². The lowest BCUT2D eigenvalue weighted by molar-refractivity contribution is -0.138. The summed E-state index contributed by atoms with van der Waals surface area (Å²) in [7, 11) is 0. The van der Waals surface area contributed by atoms with Gasteiger partial charge in [-0.05, 0) is 17.2 Å². The molecule has 4 rings (SSSR count). The van der Waals surface area contributed by atoms with Crippen molar-refractivity contribution in [2.75, 3.05) is 0 Å². The van der Waals surface area contributed by atoms with Gasteiger partial charge in [0.1, 0.15) is 18.2 Å². The minimum absolute atomic E-state index is 0.0883. The van der Waals surface area contributed by atoms with E-state index in [4.69, 9.17) is 0 Å². The molecule has 3 nitrogen and oxygen atoms in total. The van der Waals surface area contributed by atoms with Crippen LogP contribution in [0.3, 0.4) is 0 Å². The Morgan fingerprint density at radius 2 is 1.14 bits per heavy atom. The summed E-state index contributed by atoms with van der Waals surface area (Å²) < 4.78 is 43.5. The number of rotatable bonds is 4. The molecule has 0 amide bonds. The molecule has 0 aliphatic carbocycles. The Hall–Kier alpha value is -3.41. The fourth-order valence-corrected chi connectivity index (χ4v) is 3.65. The van der Waals surface area contributed by atoms with E-state index >= 15 is 0 Å². The van der Waals surface area contributed by atoms with Gasteiger partial charge < -0.3 is 0 Å². The van der Waals surface area contributed by atoms with Gasteiger partial charge in [0.25, 0.3) is 0 Å². The number of aromatic nitrogens is 3. The van der Waals surface area contributed by atoms with Gasteiger partial charge in [0.15, 0.2) is 0 Å². The minimum Gasteiger partial charge on any atom is -0.233 e. The summed E-state index contributed by atoms with van der Waals surface area (Å²) >= 11 is 0. The summed E-state index contributed by atoms with van der Waals surface area (Å²) in [5, 5.41) is 4.28. The van der Waals surface area contributed by atoms with Crippen molar-refractivity contribution in [1.82, 2.24) is 14.8 Å². The Balaban J connectivity index is 2.18. The van der Waals surface area contributed by atoms with Crippen LogP contribution in [0, 0.1) is 0 Å². The number of benzene rings is 3. The predicted molar refractivity (Wildman–Crippen MR) is 99.6 cm³/mol. The summed E-state index contributed by atoms with van der Waals surface area (Å²) in [6, 6.07) is 23.7. The lowest BCUT2D eigenvalue weighted by Crippen LogP contribution is -2.40. The molecule has 1 heterocycles. The number of nitrogens with zero attached hydrogens (tertiary/aromatic N) is 3. The van der Waals surface area contributed by atoms with Crippen LogP contribution in [-0.2, 0) is 11.7 Å². The van der Waals surface area contributed by atoms with Crippen molar-refractivity contribution in [2.24, 2.45) is 0 Å². The van der Waals surface area contributed by atoms with Crippen molar-refractivity contribution < 1.29 is 13.2 Å². The second-order valence-electron chi connectivity index (χ2n) is 6.33. The van der Waals surface area contributed by atoms with Crippen LogP contribution in [0.15, 0.2) is 97.6 Å². The SMILES string of the molecule is FC(F)(F)c1ccccc1C(c1ccccc1)(c1ccccc1)n1cncn1. The standard InChI is InChI=1S/C22H16F3N3/c23-22(24,25)20-14-8-7-13-19(20)21(28-16-26-15-27-28,17-9-3-1-4-10-17)18-11-5-2-6-12-18/h1-16H. The molecule has 140 valence electrons. The first kappa shape index (κ1) is 18.0. The highest BCUT2D eigenvalue weighted by atomic mass is 19.4. The van der Waals surface area contributed by atoms with E-state index in [-0.39, 0.29) is 5.56 Å². The van der Waals surface area contributed by atoms with Crippen LogP contribution in [-0.4, -0.2) is 14.8 Å². The second-order valence-corrected chi connectivity index (χ2v) is 6.33. The third-order valence-electron chi connectivity index (χ3n) is 4.77. The molecule has 6 heteroatoms. The van der Waals surface area contributed by atoms with E-state index in [2.05, 4.69) is 10.1 Å². The normalized spacial score (nSPS) is 12.1. The van der Waals surface area contributed by atoms with Gasteiger partial charge in [0.05, 0.1) is 5.56 Å². The first-order chi connectivity index (χ1) is 13.5. The molecule has 4 aromatic rings. The van der Waals surface area contributed by atoms with E-state index in [9.17, 15) is 13.2 Å². The Kier molecular flexibility index (Phi) is 4.47. The Bertz CT molecular complexity index is 1000. The highest BCUT2D eigenvalue weighted by molar-refractivity contribution is 5.53. The molecule has 28 heavy (non-hydrogen) atoms. The molecule has 0 N–H and O–H groups in total. The Labute approximate surface area is 160 Å². The number of halogens is 3. The predicted octanol–water partition coefficient (Wildman–Crippen LogP) is 5.14. The fraction of sp³-hybridized carbons (Fsp3) is 0.0909. The van der Waals surface area contributed by atoms with E-state index in [0.29, 0.717) is 11.1 Å². The van der Waals surface area contributed by atoms with Gasteiger partial charge in [-0.2, -0.15) is 18.3 Å². The van der Waals surface area contributed by atoms with E-state index in [1.54, 1.807) is 30.3 Å². The lowest BCUT2D eigenvalue weighted by atomic mass is 9.75. The second kappa shape index (κ2) is 6.96. The fourth-order valence-electron chi connectivity index (χ4n) is 3.65. The highest BCUT2D eigenvalue weighted by Crippen LogP contribution is 2.45. The van der Waals surface area contributed by atoms with Crippen LogP contribution in [0.1, 0.15) is 22.3 Å². The molecular formula is C22H16F3N3. The zero-order valence-electron chi connectivity index (χ0n) is 14.7. The minimum atomic E-state index is -4.52. The topological polar surface area (TPSA) is 30.7 Å². The molecular weight excluding hydrogens is 363 g/mol. The number of hydrogen-bond acceptors (Lipinski definition) is 2. The zero-order valence-corrected chi connectivity index (χ0v) is 14.7. The van der Waals surface area contributed by atoms with E-state index in [1.165, 1.54) is 29.5 Å². The summed E-state index contributed by atoms with van der Waals surface area (Å²) in [4.78, 5) is 4.03. The van der Waals surface area contributed by atoms with Gasteiger partial charge in [-0.3, -0.25) is 0 Å². The molecule has 3 aromatic carbocycles. The van der Waals surface area contributed by atoms with Gasteiger partial charge in [-0.15, -0.1) is 0 Å². The molecule has 0 bridgehead atoms. The number of hydrogen-bond donors (Lipinski definition) is 0. The quantitative estimate of drug-likeness (QED) is 0.460.